The molecular formula is C33H31F6N7O2S. The molecule has 0 radical (unpaired) electrons. The van der Waals surface area contributed by atoms with Crippen LogP contribution in [0.25, 0.3) is 32.1 Å². The summed E-state index contributed by atoms with van der Waals surface area (Å²) in [5, 5.41) is 9.10. The Morgan fingerprint density at radius 1 is 1.31 bits per heavy atom. The normalized spacial score (nSPS) is 21.4. The molecule has 2 N–H and O–H groups in total. The molecular weight excluding hydrogens is 672 g/mol. The van der Waals surface area contributed by atoms with Gasteiger partial charge in [-0.15, -0.1) is 11.3 Å². The largest absolute Gasteiger partial charge is 0.462 e. The van der Waals surface area contributed by atoms with E-state index in [1.807, 2.05) is 0 Å². The number of halogens is 6. The first-order valence-corrected chi connectivity index (χ1v) is 16.1. The number of hydrogen-bond donors (Lipinski definition) is 1. The van der Waals surface area contributed by atoms with Gasteiger partial charge in [-0.1, -0.05) is 12.6 Å². The number of carbonyl (C=O) groups is 1. The van der Waals surface area contributed by atoms with Gasteiger partial charge < -0.3 is 20.3 Å². The standard InChI is InChI=1S/C33H31F6N7O2S/c1-5-24(47)46-9-8-23(15(46)2)45(4)31-19-11-21(33(37,38)39)26(18-6-7-22(35)29-25(18)20(12-40)30(41)49-29)27(36)28(19)42-32(43-31)48-14-17-10-16(34)13-44(17)3/h5-7,11,15-17,23H,1,8-10,13-14,41H2,2-4H3/t15-,16+,17-,23-/m0/s1. The number of nitrogen functional groups attached to an aromatic ring is 1. The SMILES string of the molecule is C=CC(=O)N1CC[C@H](N(C)c2nc(OC[C@@H]3C[C@@H](F)CN3C)nc3c(F)c(-c4ccc(F)c5sc(N)c(C#N)c45)c(C(F)(F)F)cc23)[C@@H]1C. The Hall–Kier alpha value is -4.62. The second kappa shape index (κ2) is 12.7. The molecule has 0 bridgehead atoms. The van der Waals surface area contributed by atoms with Crippen LogP contribution in [-0.2, 0) is 11.0 Å². The Balaban J connectivity index is 1.59. The van der Waals surface area contributed by atoms with Crippen molar-refractivity contribution in [3.63, 3.8) is 0 Å². The van der Waals surface area contributed by atoms with E-state index >= 15 is 4.39 Å². The Labute approximate surface area is 281 Å². The number of thiophene rings is 1. The van der Waals surface area contributed by atoms with Crippen LogP contribution in [-0.4, -0.2) is 83.8 Å². The minimum Gasteiger partial charge on any atom is -0.462 e. The van der Waals surface area contributed by atoms with Crippen LogP contribution in [0.5, 0.6) is 6.01 Å². The number of nitrogens with two attached hydrogens (primary N) is 1. The Kier molecular flexibility index (Phi) is 8.86. The number of ether oxygens (including phenoxy) is 1. The lowest BCUT2D eigenvalue weighted by Gasteiger charge is -2.32. The summed E-state index contributed by atoms with van der Waals surface area (Å²) in [4.78, 5) is 26.0. The molecule has 2 aromatic heterocycles. The summed E-state index contributed by atoms with van der Waals surface area (Å²) < 4.78 is 96.4. The average molecular weight is 704 g/mol. The Bertz CT molecular complexity index is 2030. The van der Waals surface area contributed by atoms with Crippen molar-refractivity contribution in [2.75, 3.05) is 44.4 Å². The number of amides is 1. The molecule has 4 aromatic rings. The molecule has 6 rings (SSSR count). The number of carbonyl (C=O) groups excluding carboxylic acids is 1. The maximum Gasteiger partial charge on any atom is 0.417 e. The maximum atomic E-state index is 17.0. The molecule has 2 aromatic carbocycles. The summed E-state index contributed by atoms with van der Waals surface area (Å²) in [6, 6.07) is 2.79. The first kappa shape index (κ1) is 34.3. The number of alkyl halides is 4. The quantitative estimate of drug-likeness (QED) is 0.177. The van der Waals surface area contributed by atoms with Crippen molar-refractivity contribution < 1.29 is 35.9 Å². The summed E-state index contributed by atoms with van der Waals surface area (Å²) in [5.74, 6) is -2.66. The zero-order valence-electron chi connectivity index (χ0n) is 26.6. The Morgan fingerprint density at radius 3 is 2.67 bits per heavy atom. The fourth-order valence-corrected chi connectivity index (χ4v) is 7.87. The number of aromatic nitrogens is 2. The van der Waals surface area contributed by atoms with Crippen LogP contribution in [0.4, 0.5) is 37.2 Å². The first-order valence-electron chi connectivity index (χ1n) is 15.3. The van der Waals surface area contributed by atoms with Crippen LogP contribution >= 0.6 is 11.3 Å². The van der Waals surface area contributed by atoms with Gasteiger partial charge in [0.25, 0.3) is 0 Å². The number of nitrogens with zero attached hydrogens (tertiary/aromatic N) is 6. The third kappa shape index (κ3) is 5.88. The molecule has 16 heteroatoms. The molecule has 49 heavy (non-hydrogen) atoms. The smallest absolute Gasteiger partial charge is 0.417 e. The molecule has 258 valence electrons. The van der Waals surface area contributed by atoms with E-state index < -0.39 is 58.3 Å². The summed E-state index contributed by atoms with van der Waals surface area (Å²) in [6.07, 6.45) is -4.46. The van der Waals surface area contributed by atoms with Crippen LogP contribution in [0.2, 0.25) is 0 Å². The van der Waals surface area contributed by atoms with E-state index in [0.29, 0.717) is 24.3 Å². The van der Waals surface area contributed by atoms with E-state index in [2.05, 4.69) is 16.5 Å². The lowest BCUT2D eigenvalue weighted by atomic mass is 9.92. The molecule has 1 amide bonds. The van der Waals surface area contributed by atoms with Gasteiger partial charge >= 0.3 is 12.2 Å². The van der Waals surface area contributed by atoms with Crippen molar-refractivity contribution in [2.45, 2.75) is 50.2 Å². The molecule has 2 saturated heterocycles. The third-order valence-electron chi connectivity index (χ3n) is 9.44. The fraction of sp³-hybridized carbons (Fsp3) is 0.394. The third-order valence-corrected chi connectivity index (χ3v) is 10.5. The zero-order valence-corrected chi connectivity index (χ0v) is 27.4. The number of anilines is 2. The van der Waals surface area contributed by atoms with Gasteiger partial charge in [0, 0.05) is 48.6 Å². The Morgan fingerprint density at radius 2 is 2.04 bits per heavy atom. The van der Waals surface area contributed by atoms with Gasteiger partial charge in [0.05, 0.1) is 21.9 Å². The second-order valence-electron chi connectivity index (χ2n) is 12.3. The maximum absolute atomic E-state index is 17.0. The predicted octanol–water partition coefficient (Wildman–Crippen LogP) is 6.29. The van der Waals surface area contributed by atoms with Crippen LogP contribution in [0, 0.1) is 23.0 Å². The molecule has 9 nitrogen and oxygen atoms in total. The molecule has 0 aliphatic carbocycles. The van der Waals surface area contributed by atoms with Gasteiger partial charge in [-0.3, -0.25) is 9.69 Å². The monoisotopic (exact) mass is 703 g/mol. The molecule has 4 atom stereocenters. The molecule has 4 heterocycles. The van der Waals surface area contributed by atoms with Crippen molar-refractivity contribution in [1.29, 1.82) is 5.26 Å². The van der Waals surface area contributed by atoms with Crippen molar-refractivity contribution >= 4 is 49.1 Å². The van der Waals surface area contributed by atoms with Crippen LogP contribution in [0.15, 0.2) is 30.9 Å². The highest BCUT2D eigenvalue weighted by Gasteiger charge is 2.40. The molecule has 0 saturated carbocycles. The van der Waals surface area contributed by atoms with E-state index in [9.17, 15) is 32.0 Å². The molecule has 0 unspecified atom stereocenters. The van der Waals surface area contributed by atoms with Gasteiger partial charge in [-0.05, 0) is 50.6 Å². The van der Waals surface area contributed by atoms with Crippen molar-refractivity contribution in [1.82, 2.24) is 19.8 Å². The second-order valence-corrected chi connectivity index (χ2v) is 13.3. The number of fused-ring (bicyclic) bond motifs is 2. The number of rotatable bonds is 7. The van der Waals surface area contributed by atoms with Gasteiger partial charge in [0.2, 0.25) is 5.91 Å². The van der Waals surface area contributed by atoms with E-state index in [1.54, 1.807) is 41.8 Å². The minimum atomic E-state index is -5.13. The highest BCUT2D eigenvalue weighted by Crippen LogP contribution is 2.48. The minimum absolute atomic E-state index is 0.0829. The summed E-state index contributed by atoms with van der Waals surface area (Å²) in [6.45, 7) is 5.75. The number of hydrogen-bond acceptors (Lipinski definition) is 9. The van der Waals surface area contributed by atoms with E-state index in [4.69, 9.17) is 10.5 Å². The average Bonchev–Trinajstić information content (AvgIpc) is 3.71. The van der Waals surface area contributed by atoms with Gasteiger partial charge in [0.15, 0.2) is 5.82 Å². The lowest BCUT2D eigenvalue weighted by Crippen LogP contribution is -2.43. The summed E-state index contributed by atoms with van der Waals surface area (Å²) >= 11 is 0.667. The van der Waals surface area contributed by atoms with Crippen molar-refractivity contribution in [2.24, 2.45) is 0 Å². The van der Waals surface area contributed by atoms with Gasteiger partial charge in [0.1, 0.15) is 41.0 Å². The molecule has 2 fully saturated rings. The molecule has 0 spiro atoms. The topological polar surface area (TPSA) is 112 Å². The number of likely N-dealkylation sites (N-methyl/N-ethyl adjacent to an activating group) is 2. The summed E-state index contributed by atoms with van der Waals surface area (Å²) in [5.41, 5.74) is 2.37. The fourth-order valence-electron chi connectivity index (χ4n) is 6.92. The predicted molar refractivity (Wildman–Crippen MR) is 174 cm³/mol. The van der Waals surface area contributed by atoms with E-state index in [0.717, 1.165) is 18.2 Å². The first-order chi connectivity index (χ1) is 23.2. The molecule has 2 aliphatic heterocycles. The van der Waals surface area contributed by atoms with Crippen molar-refractivity contribution in [3.05, 3.63) is 53.6 Å². The van der Waals surface area contributed by atoms with Crippen LogP contribution in [0.3, 0.4) is 0 Å². The summed E-state index contributed by atoms with van der Waals surface area (Å²) in [7, 11) is 3.29. The lowest BCUT2D eigenvalue weighted by molar-refractivity contribution is -0.137. The van der Waals surface area contributed by atoms with Gasteiger partial charge in [-0.25, -0.2) is 13.2 Å². The van der Waals surface area contributed by atoms with E-state index in [1.165, 1.54) is 6.08 Å². The molecule has 2 aliphatic rings. The van der Waals surface area contributed by atoms with Crippen LogP contribution < -0.4 is 15.4 Å². The number of nitriles is 1. The van der Waals surface area contributed by atoms with E-state index in [-0.39, 0.29) is 69.4 Å². The number of benzene rings is 2. The highest BCUT2D eigenvalue weighted by molar-refractivity contribution is 7.23. The highest BCUT2D eigenvalue weighted by atomic mass is 32.1. The van der Waals surface area contributed by atoms with Crippen LogP contribution in [0.1, 0.15) is 30.9 Å². The zero-order chi connectivity index (χ0) is 35.5. The number of likely N-dealkylation sites (tertiary alicyclic amines) is 2. The van der Waals surface area contributed by atoms with Crippen molar-refractivity contribution in [3.8, 4) is 23.2 Å². The van der Waals surface area contributed by atoms with Gasteiger partial charge in [-0.2, -0.15) is 28.4 Å².